The monoisotopic (exact) mass is 357 g/mol. The number of rotatable bonds is 3. The molecule has 0 radical (unpaired) electrons. The van der Waals surface area contributed by atoms with E-state index < -0.39 is 5.54 Å². The zero-order valence-electron chi connectivity index (χ0n) is 15.3. The van der Waals surface area contributed by atoms with Crippen LogP contribution in [0.25, 0.3) is 11.5 Å². The third-order valence-corrected chi connectivity index (χ3v) is 5.76. The summed E-state index contributed by atoms with van der Waals surface area (Å²) in [4.78, 5) is 21.6. The van der Waals surface area contributed by atoms with E-state index in [1.165, 1.54) is 12.1 Å². The van der Waals surface area contributed by atoms with Crippen molar-refractivity contribution in [3.8, 4) is 11.5 Å². The largest absolute Gasteiger partial charge is 0.441 e. The van der Waals surface area contributed by atoms with Gasteiger partial charge in [0.15, 0.2) is 0 Å². The van der Waals surface area contributed by atoms with Crippen LogP contribution in [0.4, 0.5) is 4.39 Å². The quantitative estimate of drug-likeness (QED) is 0.845. The molecular weight excluding hydrogens is 333 g/mol. The molecule has 1 spiro atoms. The van der Waals surface area contributed by atoms with E-state index in [1.807, 2.05) is 18.9 Å². The van der Waals surface area contributed by atoms with Gasteiger partial charge >= 0.3 is 0 Å². The number of benzene rings is 1. The fourth-order valence-corrected chi connectivity index (χ4v) is 4.36. The summed E-state index contributed by atoms with van der Waals surface area (Å²) in [5.41, 5.74) is 1.06. The summed E-state index contributed by atoms with van der Waals surface area (Å²) in [5, 5.41) is 0. The Morgan fingerprint density at radius 2 is 2.04 bits per heavy atom. The molecule has 4 rings (SSSR count). The first-order valence-corrected chi connectivity index (χ1v) is 9.22. The van der Waals surface area contributed by atoms with Crippen LogP contribution in [0.5, 0.6) is 0 Å². The Balaban J connectivity index is 1.60. The lowest BCUT2D eigenvalue weighted by atomic mass is 9.85. The molecule has 1 aromatic heterocycles. The predicted molar refractivity (Wildman–Crippen MR) is 95.9 cm³/mol. The minimum absolute atomic E-state index is 0.229. The van der Waals surface area contributed by atoms with E-state index >= 15 is 0 Å². The Kier molecular flexibility index (Phi) is 4.31. The highest BCUT2D eigenvalue weighted by Crippen LogP contribution is 2.39. The van der Waals surface area contributed by atoms with Crippen LogP contribution in [-0.4, -0.2) is 46.4 Å². The molecule has 0 bridgehead atoms. The highest BCUT2D eigenvalue weighted by atomic mass is 19.1. The number of carbonyl (C=O) groups excluding carboxylic acids is 1. The molecule has 5 nitrogen and oxygen atoms in total. The van der Waals surface area contributed by atoms with Crippen LogP contribution in [0.3, 0.4) is 0 Å². The van der Waals surface area contributed by atoms with Crippen molar-refractivity contribution >= 4 is 5.91 Å². The minimum atomic E-state index is -0.391. The van der Waals surface area contributed by atoms with E-state index in [0.717, 1.165) is 50.2 Å². The second kappa shape index (κ2) is 6.50. The summed E-state index contributed by atoms with van der Waals surface area (Å²) in [6.45, 7) is 4.19. The van der Waals surface area contributed by atoms with Crippen molar-refractivity contribution in [1.82, 2.24) is 14.8 Å². The number of aromatic nitrogens is 1. The third kappa shape index (κ3) is 2.82. The Labute approximate surface area is 152 Å². The predicted octanol–water partition coefficient (Wildman–Crippen LogP) is 3.38. The Hall–Kier alpha value is -2.21. The Morgan fingerprint density at radius 3 is 2.81 bits per heavy atom. The molecule has 26 heavy (non-hydrogen) atoms. The van der Waals surface area contributed by atoms with E-state index in [9.17, 15) is 9.18 Å². The minimum Gasteiger partial charge on any atom is -0.441 e. The lowest BCUT2D eigenvalue weighted by molar-refractivity contribution is -0.146. The zero-order valence-corrected chi connectivity index (χ0v) is 15.3. The van der Waals surface area contributed by atoms with Crippen LogP contribution < -0.4 is 0 Å². The van der Waals surface area contributed by atoms with Gasteiger partial charge in [-0.25, -0.2) is 9.37 Å². The lowest BCUT2D eigenvalue weighted by Gasteiger charge is -2.43. The second-order valence-electron chi connectivity index (χ2n) is 7.42. The molecule has 0 N–H and O–H groups in total. The number of likely N-dealkylation sites (N-methyl/N-ethyl adjacent to an activating group) is 1. The van der Waals surface area contributed by atoms with Gasteiger partial charge in [0.2, 0.25) is 11.8 Å². The number of carbonyl (C=O) groups is 1. The van der Waals surface area contributed by atoms with Crippen molar-refractivity contribution in [3.05, 3.63) is 41.5 Å². The molecule has 2 aliphatic heterocycles. The summed E-state index contributed by atoms with van der Waals surface area (Å²) in [7, 11) is 1.89. The number of hydrogen-bond donors (Lipinski definition) is 0. The number of nitrogens with zero attached hydrogens (tertiary/aromatic N) is 3. The van der Waals surface area contributed by atoms with Gasteiger partial charge in [0.1, 0.15) is 17.1 Å². The molecule has 1 amide bonds. The number of likely N-dealkylation sites (tertiary alicyclic amines) is 2. The van der Waals surface area contributed by atoms with Crippen LogP contribution in [0, 0.1) is 12.7 Å². The Bertz CT molecular complexity index is 834. The van der Waals surface area contributed by atoms with Crippen molar-refractivity contribution in [2.24, 2.45) is 0 Å². The van der Waals surface area contributed by atoms with Crippen molar-refractivity contribution in [2.75, 3.05) is 20.1 Å². The molecule has 6 heteroatoms. The van der Waals surface area contributed by atoms with Crippen molar-refractivity contribution in [3.63, 3.8) is 0 Å². The van der Waals surface area contributed by atoms with Crippen molar-refractivity contribution in [2.45, 2.75) is 44.7 Å². The van der Waals surface area contributed by atoms with Gasteiger partial charge in [0, 0.05) is 25.7 Å². The standard InChI is InChI=1S/C20H24FN3O2/c1-14-17(22-18(26-14)15-6-3-7-16(21)12-15)13-24-11-5-9-20(24)8-4-10-23(2)19(20)25/h3,6-7,12H,4-5,8-11,13H2,1-2H3. The van der Waals surface area contributed by atoms with E-state index in [-0.39, 0.29) is 11.7 Å². The highest BCUT2D eigenvalue weighted by Gasteiger charge is 2.50. The highest BCUT2D eigenvalue weighted by molar-refractivity contribution is 5.87. The van der Waals surface area contributed by atoms with Gasteiger partial charge in [-0.3, -0.25) is 9.69 Å². The molecule has 1 atom stereocenters. The van der Waals surface area contributed by atoms with Gasteiger partial charge < -0.3 is 9.32 Å². The second-order valence-corrected chi connectivity index (χ2v) is 7.42. The van der Waals surface area contributed by atoms with E-state index in [1.54, 1.807) is 12.1 Å². The first-order valence-electron chi connectivity index (χ1n) is 9.22. The molecule has 2 saturated heterocycles. The maximum absolute atomic E-state index is 13.5. The van der Waals surface area contributed by atoms with Crippen LogP contribution >= 0.6 is 0 Å². The third-order valence-electron chi connectivity index (χ3n) is 5.76. The fourth-order valence-electron chi connectivity index (χ4n) is 4.36. The smallest absolute Gasteiger partial charge is 0.242 e. The molecule has 0 aliphatic carbocycles. The number of piperidine rings is 1. The number of oxazole rings is 1. The maximum Gasteiger partial charge on any atom is 0.242 e. The number of aryl methyl sites for hydroxylation is 1. The molecule has 1 aromatic carbocycles. The number of hydrogen-bond acceptors (Lipinski definition) is 4. The van der Waals surface area contributed by atoms with E-state index in [0.29, 0.717) is 18.0 Å². The van der Waals surface area contributed by atoms with Gasteiger partial charge in [-0.15, -0.1) is 0 Å². The fraction of sp³-hybridized carbons (Fsp3) is 0.500. The van der Waals surface area contributed by atoms with Crippen molar-refractivity contribution in [1.29, 1.82) is 0 Å². The first kappa shape index (κ1) is 17.2. The van der Waals surface area contributed by atoms with Gasteiger partial charge in [-0.1, -0.05) is 6.07 Å². The van der Waals surface area contributed by atoms with E-state index in [2.05, 4.69) is 9.88 Å². The zero-order chi connectivity index (χ0) is 18.3. The average molecular weight is 357 g/mol. The first-order chi connectivity index (χ1) is 12.5. The average Bonchev–Trinajstić information content (AvgIpc) is 3.18. The summed E-state index contributed by atoms with van der Waals surface area (Å²) < 4.78 is 19.3. The molecule has 2 aromatic rings. The molecule has 0 saturated carbocycles. The maximum atomic E-state index is 13.5. The summed E-state index contributed by atoms with van der Waals surface area (Å²) >= 11 is 0. The molecule has 1 unspecified atom stereocenters. The summed E-state index contributed by atoms with van der Waals surface area (Å²) in [6, 6.07) is 6.26. The summed E-state index contributed by atoms with van der Waals surface area (Å²) in [6.07, 6.45) is 3.87. The van der Waals surface area contributed by atoms with Gasteiger partial charge in [-0.2, -0.15) is 0 Å². The van der Waals surface area contributed by atoms with Crippen LogP contribution in [-0.2, 0) is 11.3 Å². The topological polar surface area (TPSA) is 49.6 Å². The van der Waals surface area contributed by atoms with E-state index in [4.69, 9.17) is 4.42 Å². The van der Waals surface area contributed by atoms with Gasteiger partial charge in [-0.05, 0) is 57.4 Å². The van der Waals surface area contributed by atoms with Crippen molar-refractivity contribution < 1.29 is 13.6 Å². The molecule has 2 fully saturated rings. The summed E-state index contributed by atoms with van der Waals surface area (Å²) in [5.74, 6) is 1.07. The molecule has 138 valence electrons. The normalized spacial score (nSPS) is 24.0. The van der Waals surface area contributed by atoms with Crippen LogP contribution in [0.2, 0.25) is 0 Å². The van der Waals surface area contributed by atoms with Crippen LogP contribution in [0.15, 0.2) is 28.7 Å². The molecule has 2 aliphatic rings. The van der Waals surface area contributed by atoms with Crippen LogP contribution in [0.1, 0.15) is 37.1 Å². The molecular formula is C20H24FN3O2. The Morgan fingerprint density at radius 1 is 1.27 bits per heavy atom. The number of halogens is 1. The molecule has 3 heterocycles. The lowest BCUT2D eigenvalue weighted by Crippen LogP contribution is -2.58. The van der Waals surface area contributed by atoms with Gasteiger partial charge in [0.05, 0.1) is 5.69 Å². The number of amides is 1. The SMILES string of the molecule is Cc1oc(-c2cccc(F)c2)nc1CN1CCCC12CCCN(C)C2=O. The van der Waals surface area contributed by atoms with Gasteiger partial charge in [0.25, 0.3) is 0 Å².